The SMILES string of the molecule is CC(/C=C/Br)S(C)(=O)=O. The third kappa shape index (κ3) is 3.70. The first-order chi connectivity index (χ1) is 3.98. The molecule has 0 amide bonds. The molecule has 0 spiro atoms. The van der Waals surface area contributed by atoms with Crippen molar-refractivity contribution in [2.24, 2.45) is 0 Å². The lowest BCUT2D eigenvalue weighted by Crippen LogP contribution is -2.11. The minimum Gasteiger partial charge on any atom is -0.229 e. The molecule has 1 unspecified atom stereocenters. The molecule has 0 saturated heterocycles. The fourth-order valence-electron chi connectivity index (χ4n) is 0.245. The summed E-state index contributed by atoms with van der Waals surface area (Å²) in [5.74, 6) is 0. The van der Waals surface area contributed by atoms with Crippen LogP contribution in [0.15, 0.2) is 11.1 Å². The summed E-state index contributed by atoms with van der Waals surface area (Å²) in [6.45, 7) is 1.63. The van der Waals surface area contributed by atoms with Crippen LogP contribution in [-0.4, -0.2) is 19.9 Å². The molecule has 0 fully saturated rings. The molecule has 0 saturated carbocycles. The molecule has 54 valence electrons. The molecule has 0 aromatic carbocycles. The molecule has 1 atom stereocenters. The zero-order valence-electron chi connectivity index (χ0n) is 5.33. The third-order valence-corrected chi connectivity index (χ3v) is 2.83. The molecule has 2 nitrogen and oxygen atoms in total. The second kappa shape index (κ2) is 3.37. The van der Waals surface area contributed by atoms with E-state index in [-0.39, 0.29) is 0 Å². The topological polar surface area (TPSA) is 34.1 Å². The third-order valence-electron chi connectivity index (χ3n) is 1.02. The monoisotopic (exact) mass is 212 g/mol. The molecule has 0 rings (SSSR count). The fourth-order valence-corrected chi connectivity index (χ4v) is 1.27. The smallest absolute Gasteiger partial charge is 0.153 e. The van der Waals surface area contributed by atoms with Gasteiger partial charge in [0.05, 0.1) is 5.25 Å². The van der Waals surface area contributed by atoms with E-state index in [1.807, 2.05) is 0 Å². The molecule has 0 aliphatic rings. The number of sulfone groups is 1. The maximum atomic E-state index is 10.6. The molecule has 0 aromatic heterocycles. The summed E-state index contributed by atoms with van der Waals surface area (Å²) in [5.41, 5.74) is 0. The van der Waals surface area contributed by atoms with E-state index in [1.54, 1.807) is 18.0 Å². The van der Waals surface area contributed by atoms with Crippen LogP contribution < -0.4 is 0 Å². The molecule has 0 bridgehead atoms. The predicted molar refractivity (Wildman–Crippen MR) is 42.4 cm³/mol. The van der Waals surface area contributed by atoms with Gasteiger partial charge in [0.15, 0.2) is 9.84 Å². The Kier molecular flexibility index (Phi) is 3.43. The maximum absolute atomic E-state index is 10.6. The Labute approximate surface area is 64.0 Å². The molecule has 0 aromatic rings. The highest BCUT2D eigenvalue weighted by Gasteiger charge is 2.09. The van der Waals surface area contributed by atoms with Crippen LogP contribution >= 0.6 is 15.9 Å². The normalized spacial score (nSPS) is 16.3. The number of rotatable bonds is 2. The van der Waals surface area contributed by atoms with Gasteiger partial charge in [-0.2, -0.15) is 0 Å². The van der Waals surface area contributed by atoms with Crippen molar-refractivity contribution in [1.82, 2.24) is 0 Å². The van der Waals surface area contributed by atoms with Crippen LogP contribution in [0.3, 0.4) is 0 Å². The molecular weight excluding hydrogens is 204 g/mol. The van der Waals surface area contributed by atoms with Crippen molar-refractivity contribution >= 4 is 25.8 Å². The van der Waals surface area contributed by atoms with Gasteiger partial charge in [0.2, 0.25) is 0 Å². The standard InChI is InChI=1S/C5H9BrO2S/c1-5(3-4-6)9(2,7)8/h3-5H,1-2H3/b4-3+. The lowest BCUT2D eigenvalue weighted by Gasteiger charge is -1.99. The molecule has 0 aliphatic heterocycles. The summed E-state index contributed by atoms with van der Waals surface area (Å²) in [5, 5.41) is -0.392. The van der Waals surface area contributed by atoms with E-state index in [9.17, 15) is 8.42 Å². The van der Waals surface area contributed by atoms with Gasteiger partial charge in [-0.1, -0.05) is 22.0 Å². The van der Waals surface area contributed by atoms with Gasteiger partial charge >= 0.3 is 0 Å². The Morgan fingerprint density at radius 1 is 1.56 bits per heavy atom. The second-order valence-electron chi connectivity index (χ2n) is 1.85. The highest BCUT2D eigenvalue weighted by molar-refractivity contribution is 9.11. The van der Waals surface area contributed by atoms with Crippen molar-refractivity contribution in [2.75, 3.05) is 6.26 Å². The van der Waals surface area contributed by atoms with Gasteiger partial charge in [0.1, 0.15) is 0 Å². The first kappa shape index (κ1) is 9.17. The van der Waals surface area contributed by atoms with Gasteiger partial charge in [0.25, 0.3) is 0 Å². The summed E-state index contributed by atoms with van der Waals surface area (Å²) in [4.78, 5) is 1.55. The summed E-state index contributed by atoms with van der Waals surface area (Å²) in [6, 6.07) is 0. The second-order valence-corrected chi connectivity index (χ2v) is 4.78. The van der Waals surface area contributed by atoms with E-state index in [4.69, 9.17) is 0 Å². The molecule has 0 aliphatic carbocycles. The van der Waals surface area contributed by atoms with E-state index in [0.717, 1.165) is 0 Å². The summed E-state index contributed by atoms with van der Waals surface area (Å²) in [6.07, 6.45) is 2.79. The zero-order valence-corrected chi connectivity index (χ0v) is 7.74. The first-order valence-electron chi connectivity index (χ1n) is 2.44. The highest BCUT2D eigenvalue weighted by atomic mass is 79.9. The highest BCUT2D eigenvalue weighted by Crippen LogP contribution is 2.00. The molecule has 0 radical (unpaired) electrons. The van der Waals surface area contributed by atoms with Crippen molar-refractivity contribution in [3.63, 3.8) is 0 Å². The summed E-state index contributed by atoms with van der Waals surface area (Å²) in [7, 11) is -2.88. The molecule has 0 heterocycles. The Morgan fingerprint density at radius 2 is 2.00 bits per heavy atom. The van der Waals surface area contributed by atoms with E-state index in [1.165, 1.54) is 6.26 Å². The van der Waals surface area contributed by atoms with Gasteiger partial charge in [-0.15, -0.1) is 0 Å². The Morgan fingerprint density at radius 3 is 2.11 bits per heavy atom. The zero-order chi connectivity index (χ0) is 7.49. The molecule has 4 heteroatoms. The Balaban J connectivity index is 4.24. The molecular formula is C5H9BrO2S. The first-order valence-corrected chi connectivity index (χ1v) is 5.31. The van der Waals surface area contributed by atoms with E-state index in [0.29, 0.717) is 0 Å². The van der Waals surface area contributed by atoms with Crippen LogP contribution in [0.2, 0.25) is 0 Å². The van der Waals surface area contributed by atoms with Gasteiger partial charge in [0, 0.05) is 6.26 Å². The van der Waals surface area contributed by atoms with Crippen molar-refractivity contribution < 1.29 is 8.42 Å². The van der Waals surface area contributed by atoms with Crippen LogP contribution in [0.25, 0.3) is 0 Å². The van der Waals surface area contributed by atoms with Gasteiger partial charge in [-0.05, 0) is 11.9 Å². The van der Waals surface area contributed by atoms with Crippen LogP contribution in [0.4, 0.5) is 0 Å². The van der Waals surface area contributed by atoms with Crippen molar-refractivity contribution in [3.8, 4) is 0 Å². The molecule has 0 N–H and O–H groups in total. The van der Waals surface area contributed by atoms with Crippen LogP contribution in [0, 0.1) is 0 Å². The summed E-state index contributed by atoms with van der Waals surface area (Å²) >= 11 is 3.00. The minimum absolute atomic E-state index is 0.392. The number of hydrogen-bond acceptors (Lipinski definition) is 2. The van der Waals surface area contributed by atoms with E-state index in [2.05, 4.69) is 15.9 Å². The number of hydrogen-bond donors (Lipinski definition) is 0. The van der Waals surface area contributed by atoms with Crippen LogP contribution in [0.1, 0.15) is 6.92 Å². The lowest BCUT2D eigenvalue weighted by molar-refractivity contribution is 0.597. The Bertz CT molecular complexity index is 193. The minimum atomic E-state index is -2.88. The van der Waals surface area contributed by atoms with Gasteiger partial charge in [-0.25, -0.2) is 8.42 Å². The van der Waals surface area contributed by atoms with E-state index >= 15 is 0 Å². The quantitative estimate of drug-likeness (QED) is 0.693. The van der Waals surface area contributed by atoms with Gasteiger partial charge < -0.3 is 0 Å². The largest absolute Gasteiger partial charge is 0.229 e. The summed E-state index contributed by atoms with van der Waals surface area (Å²) < 4.78 is 21.3. The fraction of sp³-hybridized carbons (Fsp3) is 0.600. The molecule has 9 heavy (non-hydrogen) atoms. The maximum Gasteiger partial charge on any atom is 0.153 e. The average molecular weight is 213 g/mol. The van der Waals surface area contributed by atoms with Crippen molar-refractivity contribution in [3.05, 3.63) is 11.1 Å². The van der Waals surface area contributed by atoms with Crippen LogP contribution in [0.5, 0.6) is 0 Å². The average Bonchev–Trinajstić information content (AvgIpc) is 1.64. The van der Waals surface area contributed by atoms with E-state index < -0.39 is 15.1 Å². The van der Waals surface area contributed by atoms with Crippen LogP contribution in [-0.2, 0) is 9.84 Å². The number of halogens is 1. The van der Waals surface area contributed by atoms with Crippen molar-refractivity contribution in [2.45, 2.75) is 12.2 Å². The van der Waals surface area contributed by atoms with Crippen molar-refractivity contribution in [1.29, 1.82) is 0 Å². The Hall–Kier alpha value is 0.170. The predicted octanol–water partition coefficient (Wildman–Crippen LogP) is 1.33. The van der Waals surface area contributed by atoms with Gasteiger partial charge in [-0.3, -0.25) is 0 Å². The lowest BCUT2D eigenvalue weighted by atomic mass is 10.5.